The Morgan fingerprint density at radius 2 is 0.706 bits per heavy atom. The van der Waals surface area contributed by atoms with Crippen molar-refractivity contribution in [3.63, 3.8) is 0 Å². The van der Waals surface area contributed by atoms with Crippen molar-refractivity contribution >= 4 is 25.1 Å². The Labute approximate surface area is 114 Å². The van der Waals surface area contributed by atoms with Crippen molar-refractivity contribution in [3.05, 3.63) is 0 Å². The summed E-state index contributed by atoms with van der Waals surface area (Å²) >= 11 is 0. The topological polar surface area (TPSA) is 120 Å². The van der Waals surface area contributed by atoms with Crippen LogP contribution in [0.3, 0.4) is 0 Å². The second kappa shape index (κ2) is 115. The predicted octanol–water partition coefficient (Wildman–Crippen LogP) is -0.635. The molecule has 0 saturated carbocycles. The zero-order valence-corrected chi connectivity index (χ0v) is 11.7. The van der Waals surface area contributed by atoms with E-state index in [-0.39, 0.29) is 17.1 Å². The Morgan fingerprint density at radius 1 is 0.647 bits per heavy atom. The molecule has 0 aliphatic carbocycles. The van der Waals surface area contributed by atoms with Crippen LogP contribution in [-0.2, 0) is 36.2 Å². The third-order valence-electron chi connectivity index (χ3n) is 0.167. The van der Waals surface area contributed by atoms with Crippen molar-refractivity contribution in [2.45, 2.75) is 27.7 Å². The Kier molecular flexibility index (Phi) is 243. The maximum Gasteiger partial charge on any atom is 4.00 e. The molecule has 102 valence electrons. The minimum Gasteiger partial charge on any atom is -0.542 e. The standard InChI is InChI=1S/C2H8N2.4C2H3O.Fe/c3-1-2-4;4*1-2-3;/h1-4H2;4*1H3;/q;4*-1;+4. The van der Waals surface area contributed by atoms with Gasteiger partial charge in [-0.1, -0.05) is 0 Å². The Balaban J connectivity index is -0.0000000221. The molecular formula is C10H20FeN2O4. The van der Waals surface area contributed by atoms with Gasteiger partial charge in [0.2, 0.25) is 0 Å². The summed E-state index contributed by atoms with van der Waals surface area (Å²) in [6.07, 6.45) is 6.00. The van der Waals surface area contributed by atoms with Crippen LogP contribution in [0.15, 0.2) is 0 Å². The molecule has 0 aliphatic rings. The van der Waals surface area contributed by atoms with Crippen LogP contribution >= 0.6 is 0 Å². The number of nitrogens with two attached hydrogens (primary N) is 2. The van der Waals surface area contributed by atoms with Gasteiger partial charge in [0.05, 0.1) is 0 Å². The minimum absolute atomic E-state index is 0. The molecule has 0 aromatic rings. The number of rotatable bonds is 1. The molecule has 0 bridgehead atoms. The quantitative estimate of drug-likeness (QED) is 0.489. The molecule has 6 nitrogen and oxygen atoms in total. The average Bonchev–Trinajstić information content (AvgIpc) is 2.22. The Bertz CT molecular complexity index is 98.9. The molecule has 0 amide bonds. The minimum atomic E-state index is 0. The van der Waals surface area contributed by atoms with Crippen LogP contribution in [0.5, 0.6) is 0 Å². The van der Waals surface area contributed by atoms with E-state index in [0.29, 0.717) is 13.1 Å². The van der Waals surface area contributed by atoms with E-state index in [9.17, 15) is 0 Å². The molecule has 0 radical (unpaired) electrons. The number of hydrogen-bond acceptors (Lipinski definition) is 6. The van der Waals surface area contributed by atoms with Crippen molar-refractivity contribution < 1.29 is 36.2 Å². The van der Waals surface area contributed by atoms with E-state index < -0.39 is 0 Å². The Morgan fingerprint density at radius 3 is 0.706 bits per heavy atom. The first kappa shape index (κ1) is 36.0. The van der Waals surface area contributed by atoms with E-state index in [0.717, 1.165) is 0 Å². The molecule has 0 rings (SSSR count). The van der Waals surface area contributed by atoms with Crippen LogP contribution in [0.1, 0.15) is 27.7 Å². The first-order valence-corrected chi connectivity index (χ1v) is 4.13. The predicted molar refractivity (Wildman–Crippen MR) is 63.6 cm³/mol. The van der Waals surface area contributed by atoms with Gasteiger partial charge in [0.1, 0.15) is 0 Å². The van der Waals surface area contributed by atoms with Crippen LogP contribution in [0, 0.1) is 0 Å². The second-order valence-electron chi connectivity index (χ2n) is 1.39. The largest absolute Gasteiger partial charge is 4.00 e. The van der Waals surface area contributed by atoms with Crippen LogP contribution in [0.4, 0.5) is 0 Å². The molecule has 4 N–H and O–H groups in total. The molecule has 0 aliphatic heterocycles. The summed E-state index contributed by atoms with van der Waals surface area (Å²) in [6, 6.07) is 0. The van der Waals surface area contributed by atoms with Crippen molar-refractivity contribution in [1.82, 2.24) is 0 Å². The molecule has 7 heteroatoms. The zero-order valence-electron chi connectivity index (χ0n) is 10.6. The molecule has 0 spiro atoms. The summed E-state index contributed by atoms with van der Waals surface area (Å²) in [5.41, 5.74) is 9.81. The summed E-state index contributed by atoms with van der Waals surface area (Å²) in [6.45, 7) is 6.47. The molecule has 17 heavy (non-hydrogen) atoms. The fourth-order valence-corrected chi connectivity index (χ4v) is 0. The van der Waals surface area contributed by atoms with E-state index in [1.165, 1.54) is 52.8 Å². The van der Waals surface area contributed by atoms with E-state index in [1.54, 1.807) is 0 Å². The molecule has 0 unspecified atom stereocenters. The van der Waals surface area contributed by atoms with E-state index in [4.69, 9.17) is 30.6 Å². The van der Waals surface area contributed by atoms with Gasteiger partial charge in [-0.25, -0.2) is 0 Å². The van der Waals surface area contributed by atoms with Gasteiger partial charge in [0.15, 0.2) is 0 Å². The maximum absolute atomic E-state index is 8.68. The van der Waals surface area contributed by atoms with Crippen molar-refractivity contribution in [2.24, 2.45) is 11.5 Å². The van der Waals surface area contributed by atoms with E-state index in [1.807, 2.05) is 0 Å². The summed E-state index contributed by atoms with van der Waals surface area (Å²) in [5.74, 6) is 0. The van der Waals surface area contributed by atoms with Gasteiger partial charge in [-0.3, -0.25) is 25.1 Å². The fraction of sp³-hybridized carbons (Fsp3) is 0.600. The molecule has 0 aromatic heterocycles. The zero-order chi connectivity index (χ0) is 14.2. The maximum atomic E-state index is 8.68. The Hall–Kier alpha value is -0.881. The van der Waals surface area contributed by atoms with Crippen LogP contribution in [0.2, 0.25) is 0 Å². The number of carbonyl (C=O) groups excluding carboxylic acids is 4. The monoisotopic (exact) mass is 288 g/mol. The van der Waals surface area contributed by atoms with Gasteiger partial charge in [0, 0.05) is 13.1 Å². The first-order chi connectivity index (χ1) is 7.57. The van der Waals surface area contributed by atoms with Crippen LogP contribution < -0.4 is 11.5 Å². The summed E-state index contributed by atoms with van der Waals surface area (Å²) < 4.78 is 0. The fourth-order valence-electron chi connectivity index (χ4n) is 0. The van der Waals surface area contributed by atoms with Gasteiger partial charge in [-0.05, 0) is 0 Å². The molecular weight excluding hydrogens is 268 g/mol. The molecule has 0 saturated heterocycles. The van der Waals surface area contributed by atoms with E-state index >= 15 is 0 Å². The molecule has 0 fully saturated rings. The summed E-state index contributed by atoms with van der Waals surface area (Å²) in [4.78, 5) is 34.7. The van der Waals surface area contributed by atoms with Crippen molar-refractivity contribution in [2.75, 3.05) is 13.1 Å². The smallest absolute Gasteiger partial charge is 0.542 e. The SMILES string of the molecule is C[C-]=O.C[C-]=O.C[C-]=O.C[C-]=O.NCCN.[Fe+4]. The van der Waals surface area contributed by atoms with Gasteiger partial charge in [-0.15, -0.1) is 0 Å². The van der Waals surface area contributed by atoms with Gasteiger partial charge >= 0.3 is 17.1 Å². The normalized spacial score (nSPS) is 4.82. The molecule has 0 atom stereocenters. The van der Waals surface area contributed by atoms with Gasteiger partial charge in [0.25, 0.3) is 0 Å². The third-order valence-corrected chi connectivity index (χ3v) is 0.167. The van der Waals surface area contributed by atoms with Gasteiger partial charge < -0.3 is 30.6 Å². The van der Waals surface area contributed by atoms with Crippen molar-refractivity contribution in [1.29, 1.82) is 0 Å². The van der Waals surface area contributed by atoms with Crippen molar-refractivity contribution in [3.8, 4) is 0 Å². The molecule has 0 aromatic carbocycles. The number of hydrogen-bond donors (Lipinski definition) is 2. The summed E-state index contributed by atoms with van der Waals surface area (Å²) in [5, 5.41) is 0. The van der Waals surface area contributed by atoms with E-state index in [2.05, 4.69) is 0 Å². The first-order valence-electron chi connectivity index (χ1n) is 4.13. The van der Waals surface area contributed by atoms with Crippen LogP contribution in [-0.4, -0.2) is 38.2 Å². The van der Waals surface area contributed by atoms with Crippen LogP contribution in [0.25, 0.3) is 0 Å². The summed E-state index contributed by atoms with van der Waals surface area (Å²) in [7, 11) is 0. The molecule has 0 heterocycles. The second-order valence-corrected chi connectivity index (χ2v) is 1.39. The third kappa shape index (κ3) is 182000. The van der Waals surface area contributed by atoms with Gasteiger partial charge in [-0.2, -0.15) is 27.7 Å². The average molecular weight is 288 g/mol.